The number of methoxy groups -OCH3 is 1. The van der Waals surface area contributed by atoms with Gasteiger partial charge in [-0.2, -0.15) is 0 Å². The molecule has 0 saturated heterocycles. The van der Waals surface area contributed by atoms with Crippen LogP contribution in [-0.4, -0.2) is 20.5 Å². The van der Waals surface area contributed by atoms with E-state index in [4.69, 9.17) is 4.74 Å². The van der Waals surface area contributed by atoms with Gasteiger partial charge in [-0.3, -0.25) is 0 Å². The van der Waals surface area contributed by atoms with E-state index in [-0.39, 0.29) is 5.03 Å². The summed E-state index contributed by atoms with van der Waals surface area (Å²) < 4.78 is 28.8. The SMILES string of the molecule is C=CS(=O)(=O)c1nccc2c(OC)cccc12. The van der Waals surface area contributed by atoms with E-state index in [2.05, 4.69) is 11.6 Å². The lowest BCUT2D eigenvalue weighted by Gasteiger charge is -2.07. The van der Waals surface area contributed by atoms with Gasteiger partial charge in [0.15, 0.2) is 5.03 Å². The van der Waals surface area contributed by atoms with Crippen molar-refractivity contribution in [2.75, 3.05) is 7.11 Å². The summed E-state index contributed by atoms with van der Waals surface area (Å²) >= 11 is 0. The number of hydrogen-bond donors (Lipinski definition) is 0. The quantitative estimate of drug-likeness (QED) is 0.836. The number of benzene rings is 1. The van der Waals surface area contributed by atoms with Gasteiger partial charge in [0, 0.05) is 22.4 Å². The van der Waals surface area contributed by atoms with Gasteiger partial charge < -0.3 is 4.74 Å². The van der Waals surface area contributed by atoms with Crippen LogP contribution in [-0.2, 0) is 9.84 Å². The fourth-order valence-electron chi connectivity index (χ4n) is 1.64. The van der Waals surface area contributed by atoms with E-state index < -0.39 is 9.84 Å². The third-order valence-corrected chi connectivity index (χ3v) is 3.74. The number of pyridine rings is 1. The summed E-state index contributed by atoms with van der Waals surface area (Å²) in [5.74, 6) is 0.616. The highest BCUT2D eigenvalue weighted by Gasteiger charge is 2.16. The van der Waals surface area contributed by atoms with E-state index in [1.54, 1.807) is 24.3 Å². The Morgan fingerprint density at radius 3 is 2.71 bits per heavy atom. The molecule has 0 atom stereocenters. The summed E-state index contributed by atoms with van der Waals surface area (Å²) in [6.45, 7) is 3.30. The molecule has 0 unspecified atom stereocenters. The molecule has 4 nitrogen and oxygen atoms in total. The lowest BCUT2D eigenvalue weighted by atomic mass is 10.1. The average Bonchev–Trinajstić information content (AvgIpc) is 2.37. The number of ether oxygens (including phenoxy) is 1. The molecule has 17 heavy (non-hydrogen) atoms. The number of fused-ring (bicyclic) bond motifs is 1. The van der Waals surface area contributed by atoms with Crippen LogP contribution in [0.5, 0.6) is 5.75 Å². The van der Waals surface area contributed by atoms with Gasteiger partial charge in [0.1, 0.15) is 5.75 Å². The van der Waals surface area contributed by atoms with Crippen LogP contribution in [0.2, 0.25) is 0 Å². The van der Waals surface area contributed by atoms with Gasteiger partial charge in [-0.1, -0.05) is 18.7 Å². The summed E-state index contributed by atoms with van der Waals surface area (Å²) in [6.07, 6.45) is 1.45. The molecular formula is C12H11NO3S. The molecule has 0 amide bonds. The zero-order valence-electron chi connectivity index (χ0n) is 9.25. The van der Waals surface area contributed by atoms with Crippen molar-refractivity contribution in [1.29, 1.82) is 0 Å². The summed E-state index contributed by atoms with van der Waals surface area (Å²) in [6, 6.07) is 6.91. The molecule has 1 aromatic carbocycles. The van der Waals surface area contributed by atoms with Crippen LogP contribution in [0, 0.1) is 0 Å². The number of aromatic nitrogens is 1. The predicted octanol–water partition coefficient (Wildman–Crippen LogP) is 2.16. The second kappa shape index (κ2) is 4.18. The molecule has 0 bridgehead atoms. The van der Waals surface area contributed by atoms with E-state index >= 15 is 0 Å². The minimum Gasteiger partial charge on any atom is -0.496 e. The zero-order valence-corrected chi connectivity index (χ0v) is 10.1. The van der Waals surface area contributed by atoms with Crippen LogP contribution < -0.4 is 4.74 Å². The van der Waals surface area contributed by atoms with Crippen LogP contribution in [0.15, 0.2) is 47.5 Å². The van der Waals surface area contributed by atoms with E-state index in [0.717, 1.165) is 5.41 Å². The van der Waals surface area contributed by atoms with Crippen LogP contribution in [0.25, 0.3) is 10.8 Å². The Kier molecular flexibility index (Phi) is 2.85. The van der Waals surface area contributed by atoms with E-state index in [1.807, 2.05) is 0 Å². The number of sulfone groups is 1. The summed E-state index contributed by atoms with van der Waals surface area (Å²) in [7, 11) is -2.01. The molecule has 0 aliphatic rings. The fraction of sp³-hybridized carbons (Fsp3) is 0.0833. The minimum atomic E-state index is -3.55. The maximum Gasteiger partial charge on any atom is 0.217 e. The van der Waals surface area contributed by atoms with Crippen molar-refractivity contribution in [3.05, 3.63) is 42.4 Å². The maximum absolute atomic E-state index is 11.8. The Morgan fingerprint density at radius 2 is 2.06 bits per heavy atom. The second-order valence-electron chi connectivity index (χ2n) is 3.38. The van der Waals surface area contributed by atoms with E-state index in [1.165, 1.54) is 13.3 Å². The van der Waals surface area contributed by atoms with Crippen molar-refractivity contribution in [3.63, 3.8) is 0 Å². The molecule has 0 fully saturated rings. The first-order valence-electron chi connectivity index (χ1n) is 4.89. The number of rotatable bonds is 3. The highest BCUT2D eigenvalue weighted by atomic mass is 32.2. The summed E-state index contributed by atoms with van der Waals surface area (Å²) in [5.41, 5.74) is 0. The third-order valence-electron chi connectivity index (χ3n) is 2.44. The Bertz CT molecular complexity index is 677. The van der Waals surface area contributed by atoms with Crippen molar-refractivity contribution < 1.29 is 13.2 Å². The smallest absolute Gasteiger partial charge is 0.217 e. The van der Waals surface area contributed by atoms with Crippen LogP contribution in [0.3, 0.4) is 0 Å². The molecule has 2 aromatic rings. The van der Waals surface area contributed by atoms with Gasteiger partial charge in [-0.15, -0.1) is 0 Å². The zero-order chi connectivity index (χ0) is 12.5. The fourth-order valence-corrected chi connectivity index (χ4v) is 2.49. The topological polar surface area (TPSA) is 56.3 Å². The van der Waals surface area contributed by atoms with Gasteiger partial charge >= 0.3 is 0 Å². The first-order valence-corrected chi connectivity index (χ1v) is 6.44. The third kappa shape index (κ3) is 1.89. The average molecular weight is 249 g/mol. The van der Waals surface area contributed by atoms with Crippen LogP contribution in [0.1, 0.15) is 0 Å². The van der Waals surface area contributed by atoms with Gasteiger partial charge in [0.25, 0.3) is 0 Å². The first kappa shape index (κ1) is 11.6. The van der Waals surface area contributed by atoms with Crippen LogP contribution in [0.4, 0.5) is 0 Å². The number of nitrogens with zero attached hydrogens (tertiary/aromatic N) is 1. The normalized spacial score (nSPS) is 11.4. The molecular weight excluding hydrogens is 238 g/mol. The summed E-state index contributed by atoms with van der Waals surface area (Å²) in [4.78, 5) is 3.91. The molecule has 2 rings (SSSR count). The molecule has 1 aromatic heterocycles. The maximum atomic E-state index is 11.8. The predicted molar refractivity (Wildman–Crippen MR) is 65.7 cm³/mol. The van der Waals surface area contributed by atoms with Crippen molar-refractivity contribution in [2.24, 2.45) is 0 Å². The molecule has 0 radical (unpaired) electrons. The monoisotopic (exact) mass is 249 g/mol. The minimum absolute atomic E-state index is 0.00361. The summed E-state index contributed by atoms with van der Waals surface area (Å²) in [5, 5.41) is 2.15. The van der Waals surface area contributed by atoms with E-state index in [0.29, 0.717) is 16.5 Å². The van der Waals surface area contributed by atoms with Crippen molar-refractivity contribution in [2.45, 2.75) is 5.03 Å². The van der Waals surface area contributed by atoms with Gasteiger partial charge in [-0.05, 0) is 12.1 Å². The van der Waals surface area contributed by atoms with E-state index in [9.17, 15) is 8.42 Å². The number of hydrogen-bond acceptors (Lipinski definition) is 4. The molecule has 0 spiro atoms. The molecule has 0 aliphatic carbocycles. The molecule has 5 heteroatoms. The molecule has 1 heterocycles. The Hall–Kier alpha value is -1.88. The lowest BCUT2D eigenvalue weighted by molar-refractivity contribution is 0.419. The second-order valence-corrected chi connectivity index (χ2v) is 5.19. The molecule has 0 aliphatic heterocycles. The molecule has 0 saturated carbocycles. The van der Waals surface area contributed by atoms with Crippen molar-refractivity contribution in [1.82, 2.24) is 4.98 Å². The first-order chi connectivity index (χ1) is 8.10. The van der Waals surface area contributed by atoms with Gasteiger partial charge in [0.05, 0.1) is 7.11 Å². The van der Waals surface area contributed by atoms with Crippen molar-refractivity contribution in [3.8, 4) is 5.75 Å². The highest BCUT2D eigenvalue weighted by molar-refractivity contribution is 7.94. The molecule has 88 valence electrons. The van der Waals surface area contributed by atoms with Gasteiger partial charge in [0.2, 0.25) is 9.84 Å². The molecule has 0 N–H and O–H groups in total. The highest BCUT2D eigenvalue weighted by Crippen LogP contribution is 2.29. The van der Waals surface area contributed by atoms with Gasteiger partial charge in [-0.25, -0.2) is 13.4 Å². The lowest BCUT2D eigenvalue weighted by Crippen LogP contribution is -2.00. The Balaban J connectivity index is 2.89. The largest absolute Gasteiger partial charge is 0.496 e. The van der Waals surface area contributed by atoms with Crippen molar-refractivity contribution >= 4 is 20.6 Å². The standard InChI is InChI=1S/C12H11NO3S/c1-3-17(14,15)12-10-5-4-6-11(16-2)9(10)7-8-13-12/h3-8H,1H2,2H3. The Morgan fingerprint density at radius 1 is 1.29 bits per heavy atom. The Labute approximate surface area is 99.5 Å². The van der Waals surface area contributed by atoms with Crippen LogP contribution >= 0.6 is 0 Å².